The second kappa shape index (κ2) is 19.7. The van der Waals surface area contributed by atoms with Crippen LogP contribution in [0, 0.1) is 17.8 Å². The summed E-state index contributed by atoms with van der Waals surface area (Å²) in [5.41, 5.74) is 0. The average molecular weight is 627 g/mol. The molecule has 3 atom stereocenters. The van der Waals surface area contributed by atoms with Gasteiger partial charge in [-0.1, -0.05) is 58.1 Å². The molecule has 1 saturated carbocycles. The van der Waals surface area contributed by atoms with E-state index in [1.807, 2.05) is 6.08 Å². The Balaban J connectivity index is 1.14. The van der Waals surface area contributed by atoms with Gasteiger partial charge in [0, 0.05) is 45.1 Å². The van der Waals surface area contributed by atoms with E-state index in [9.17, 15) is 19.2 Å². The molecule has 0 radical (unpaired) electrons. The zero-order valence-electron chi connectivity index (χ0n) is 27.2. The molecule has 0 bridgehead atoms. The van der Waals surface area contributed by atoms with E-state index in [-0.39, 0.29) is 30.4 Å². The standard InChI is InChI=1S/C35H54N4O6/c1-4-7-15-28-29(16-8-5-2)30(28)26-44-35(43)37-22-14-12-10-9-11-13-21-36-31(40)19-17-27-18-20-34(45-27)39-24-23-38(25-33(39)42)32(41)6-3/h4,6,18,20,28-30H,1,3,5,7-17,19,21-26H2,2H3,(H,36,40)(H,37,43)/t28-,29+,30-/m0/s1. The number of anilines is 1. The van der Waals surface area contributed by atoms with E-state index in [1.165, 1.54) is 35.1 Å². The number of nitrogens with zero attached hydrogens (tertiary/aromatic N) is 2. The van der Waals surface area contributed by atoms with Gasteiger partial charge in [-0.3, -0.25) is 19.3 Å². The number of rotatable bonds is 22. The maximum absolute atomic E-state index is 12.4. The van der Waals surface area contributed by atoms with Crippen molar-refractivity contribution in [2.45, 2.75) is 90.4 Å². The lowest BCUT2D eigenvalue weighted by molar-refractivity contribution is -0.133. The van der Waals surface area contributed by atoms with Crippen LogP contribution in [0.25, 0.3) is 0 Å². The van der Waals surface area contributed by atoms with Gasteiger partial charge >= 0.3 is 6.09 Å². The number of alkyl carbamates (subject to hydrolysis) is 1. The summed E-state index contributed by atoms with van der Waals surface area (Å²) >= 11 is 0. The van der Waals surface area contributed by atoms with Crippen molar-refractivity contribution < 1.29 is 28.3 Å². The van der Waals surface area contributed by atoms with Crippen molar-refractivity contribution in [3.63, 3.8) is 0 Å². The number of aryl methyl sites for hydroxylation is 1. The Labute approximate surface area is 269 Å². The van der Waals surface area contributed by atoms with Gasteiger partial charge in [0.1, 0.15) is 12.3 Å². The molecule has 3 rings (SSSR count). The monoisotopic (exact) mass is 626 g/mol. The lowest BCUT2D eigenvalue weighted by atomic mass is 10.1. The number of hydrogen-bond acceptors (Lipinski definition) is 6. The first kappa shape index (κ1) is 35.9. The molecule has 4 amide bonds. The Hall–Kier alpha value is -3.56. The quantitative estimate of drug-likeness (QED) is 0.0957. The van der Waals surface area contributed by atoms with E-state index in [0.29, 0.717) is 75.0 Å². The van der Waals surface area contributed by atoms with Gasteiger partial charge in [-0.15, -0.1) is 6.58 Å². The number of allylic oxidation sites excluding steroid dienone is 1. The highest BCUT2D eigenvalue weighted by Crippen LogP contribution is 2.52. The van der Waals surface area contributed by atoms with Crippen LogP contribution in [0.1, 0.15) is 89.7 Å². The van der Waals surface area contributed by atoms with Crippen molar-refractivity contribution in [2.75, 3.05) is 44.2 Å². The lowest BCUT2D eigenvalue weighted by Crippen LogP contribution is -2.52. The van der Waals surface area contributed by atoms with Gasteiger partial charge < -0.3 is 24.7 Å². The van der Waals surface area contributed by atoms with Crippen LogP contribution in [0.5, 0.6) is 0 Å². The molecule has 45 heavy (non-hydrogen) atoms. The molecule has 0 aromatic carbocycles. The van der Waals surface area contributed by atoms with E-state index >= 15 is 0 Å². The molecule has 1 aliphatic carbocycles. The summed E-state index contributed by atoms with van der Waals surface area (Å²) in [6, 6.07) is 3.52. The van der Waals surface area contributed by atoms with Crippen LogP contribution in [0.2, 0.25) is 0 Å². The number of nitrogens with one attached hydrogen (secondary N) is 2. The highest BCUT2D eigenvalue weighted by molar-refractivity contribution is 5.98. The molecule has 10 nitrogen and oxygen atoms in total. The van der Waals surface area contributed by atoms with Gasteiger partial charge in [0.05, 0.1) is 6.61 Å². The fourth-order valence-electron chi connectivity index (χ4n) is 6.17. The van der Waals surface area contributed by atoms with E-state index in [1.54, 1.807) is 12.1 Å². The molecule has 1 aromatic heterocycles. The maximum atomic E-state index is 12.4. The van der Waals surface area contributed by atoms with Crippen LogP contribution in [-0.2, 0) is 25.5 Å². The summed E-state index contributed by atoms with van der Waals surface area (Å²) < 4.78 is 11.3. The fourth-order valence-corrected chi connectivity index (χ4v) is 6.17. The van der Waals surface area contributed by atoms with E-state index in [2.05, 4.69) is 30.7 Å². The molecule has 0 unspecified atom stereocenters. The molecule has 2 N–H and O–H groups in total. The largest absolute Gasteiger partial charge is 0.449 e. The number of piperazine rings is 1. The second-order valence-electron chi connectivity index (χ2n) is 12.2. The number of carbonyl (C=O) groups excluding carboxylic acids is 4. The molecular formula is C35H54N4O6. The maximum Gasteiger partial charge on any atom is 0.407 e. The van der Waals surface area contributed by atoms with Crippen molar-refractivity contribution in [2.24, 2.45) is 17.8 Å². The zero-order chi connectivity index (χ0) is 32.4. The van der Waals surface area contributed by atoms with Gasteiger partial charge in [0.25, 0.3) is 0 Å². The first-order valence-corrected chi connectivity index (χ1v) is 17.0. The number of carbonyl (C=O) groups is 4. The van der Waals surface area contributed by atoms with Gasteiger partial charge in [0.2, 0.25) is 23.6 Å². The summed E-state index contributed by atoms with van der Waals surface area (Å²) in [5.74, 6) is 2.48. The molecule has 1 aromatic rings. The van der Waals surface area contributed by atoms with Crippen LogP contribution < -0.4 is 15.5 Å². The van der Waals surface area contributed by atoms with Crippen molar-refractivity contribution >= 4 is 29.7 Å². The van der Waals surface area contributed by atoms with Crippen molar-refractivity contribution in [1.82, 2.24) is 15.5 Å². The Morgan fingerprint density at radius 3 is 2.36 bits per heavy atom. The van der Waals surface area contributed by atoms with Crippen molar-refractivity contribution in [3.8, 4) is 0 Å². The third-order valence-corrected chi connectivity index (χ3v) is 8.92. The molecule has 1 aliphatic heterocycles. The molecule has 1 saturated heterocycles. The molecule has 2 aliphatic rings. The van der Waals surface area contributed by atoms with Crippen molar-refractivity contribution in [3.05, 3.63) is 43.2 Å². The van der Waals surface area contributed by atoms with E-state index < -0.39 is 0 Å². The van der Waals surface area contributed by atoms with Crippen LogP contribution in [-0.4, -0.2) is 68.0 Å². The highest BCUT2D eigenvalue weighted by Gasteiger charge is 2.48. The molecular weight excluding hydrogens is 572 g/mol. The number of ether oxygens (including phenoxy) is 1. The van der Waals surface area contributed by atoms with Gasteiger partial charge in [-0.25, -0.2) is 4.79 Å². The predicted molar refractivity (Wildman–Crippen MR) is 176 cm³/mol. The Morgan fingerprint density at radius 2 is 1.67 bits per heavy atom. The third-order valence-electron chi connectivity index (χ3n) is 8.92. The van der Waals surface area contributed by atoms with Crippen molar-refractivity contribution in [1.29, 1.82) is 0 Å². The van der Waals surface area contributed by atoms with E-state index in [4.69, 9.17) is 9.15 Å². The van der Waals surface area contributed by atoms with Crippen LogP contribution >= 0.6 is 0 Å². The number of amides is 4. The minimum atomic E-state index is -0.298. The summed E-state index contributed by atoms with van der Waals surface area (Å²) in [6.07, 6.45) is 15.7. The molecule has 2 heterocycles. The normalized spacial score (nSPS) is 19.2. The zero-order valence-corrected chi connectivity index (χ0v) is 27.2. The summed E-state index contributed by atoms with van der Waals surface area (Å²) in [6.45, 7) is 12.1. The van der Waals surface area contributed by atoms with Crippen LogP contribution in [0.15, 0.2) is 41.9 Å². The van der Waals surface area contributed by atoms with Crippen LogP contribution in [0.4, 0.5) is 10.7 Å². The number of unbranched alkanes of at least 4 members (excludes halogenated alkanes) is 6. The SMILES string of the molecule is C=CCC[C@H]1[C@@H](CCCC)[C@H]1COC(=O)NCCCCCCCCNC(=O)CCc1ccc(N2CCN(C(=O)C=C)CC2=O)o1. The minimum Gasteiger partial charge on any atom is -0.449 e. The smallest absolute Gasteiger partial charge is 0.407 e. The first-order valence-electron chi connectivity index (χ1n) is 17.0. The van der Waals surface area contributed by atoms with Crippen LogP contribution in [0.3, 0.4) is 0 Å². The Bertz CT molecular complexity index is 1120. The van der Waals surface area contributed by atoms with E-state index in [0.717, 1.165) is 51.4 Å². The predicted octanol–water partition coefficient (Wildman–Crippen LogP) is 5.78. The lowest BCUT2D eigenvalue weighted by Gasteiger charge is -2.32. The first-order chi connectivity index (χ1) is 21.9. The average Bonchev–Trinajstić information content (AvgIpc) is 3.48. The molecule has 0 spiro atoms. The number of furan rings is 1. The van der Waals surface area contributed by atoms with Gasteiger partial charge in [-0.2, -0.15) is 0 Å². The Morgan fingerprint density at radius 1 is 0.956 bits per heavy atom. The second-order valence-corrected chi connectivity index (χ2v) is 12.2. The molecule has 250 valence electrons. The summed E-state index contributed by atoms with van der Waals surface area (Å²) in [4.78, 5) is 51.5. The topological polar surface area (TPSA) is 121 Å². The fraction of sp³-hybridized carbons (Fsp3) is 0.657. The molecule has 10 heteroatoms. The molecule has 2 fully saturated rings. The third kappa shape index (κ3) is 12.4. The number of hydrogen-bond donors (Lipinski definition) is 2. The highest BCUT2D eigenvalue weighted by atomic mass is 16.5. The summed E-state index contributed by atoms with van der Waals surface area (Å²) in [5, 5.41) is 5.86. The summed E-state index contributed by atoms with van der Waals surface area (Å²) in [7, 11) is 0. The minimum absolute atomic E-state index is 0.00538. The van der Waals surface area contributed by atoms with Gasteiger partial charge in [0.15, 0.2) is 0 Å². The Kier molecular flexibility index (Phi) is 15.8. The van der Waals surface area contributed by atoms with Gasteiger partial charge in [-0.05, 0) is 62.0 Å².